The molecule has 164 valence electrons. The van der Waals surface area contributed by atoms with Crippen molar-refractivity contribution in [3.8, 4) is 0 Å². The van der Waals surface area contributed by atoms with Gasteiger partial charge in [-0.2, -0.15) is 4.57 Å². The Kier molecular flexibility index (Phi) is 6.97. The number of nitrogens with one attached hydrogen (secondary N) is 1. The van der Waals surface area contributed by atoms with E-state index in [9.17, 15) is 20.3 Å². The summed E-state index contributed by atoms with van der Waals surface area (Å²) >= 11 is 5.61. The van der Waals surface area contributed by atoms with Gasteiger partial charge in [-0.25, -0.2) is 0 Å². The Hall–Kier alpha value is -3.62. The predicted octanol–water partition coefficient (Wildman–Crippen LogP) is 3.43. The number of aliphatic hydroxyl groups excluding tert-OH is 1. The number of anilines is 1. The summed E-state index contributed by atoms with van der Waals surface area (Å²) in [5.74, 6) is -0.477. The number of benzene rings is 2. The van der Waals surface area contributed by atoms with Crippen LogP contribution >= 0.6 is 12.2 Å². The van der Waals surface area contributed by atoms with Gasteiger partial charge in [0, 0.05) is 28.9 Å². The highest BCUT2D eigenvalue weighted by Crippen LogP contribution is 2.24. The molecule has 8 heteroatoms. The van der Waals surface area contributed by atoms with Crippen molar-refractivity contribution in [1.29, 1.82) is 0 Å². The van der Waals surface area contributed by atoms with Crippen molar-refractivity contribution in [2.45, 2.75) is 27.4 Å². The SMILES string of the molecule is Cc1cc(C)cc(NC(=S)/C(=C(\[O-])c2ccc(C)c([N+](=O)[O-])c2)[n+]2cccc(CO)c2)c1. The van der Waals surface area contributed by atoms with Gasteiger partial charge in [-0.05, 0) is 61.4 Å². The average molecular weight is 450 g/mol. The Morgan fingerprint density at radius 1 is 1.12 bits per heavy atom. The first-order chi connectivity index (χ1) is 15.2. The van der Waals surface area contributed by atoms with Gasteiger partial charge in [0.15, 0.2) is 17.4 Å². The molecule has 32 heavy (non-hydrogen) atoms. The number of pyridine rings is 1. The maximum atomic E-state index is 13.5. The van der Waals surface area contributed by atoms with Crippen LogP contribution in [0.1, 0.15) is 27.8 Å². The van der Waals surface area contributed by atoms with E-state index in [1.165, 1.54) is 16.7 Å². The van der Waals surface area contributed by atoms with Crippen LogP contribution in [0.2, 0.25) is 0 Å². The normalized spacial score (nSPS) is 11.6. The first-order valence-electron chi connectivity index (χ1n) is 9.87. The highest BCUT2D eigenvalue weighted by molar-refractivity contribution is 7.81. The standard InChI is InChI=1S/C24H23N3O4S/c1-15-9-16(2)11-20(10-15)25-24(32)22(26-8-4-5-18(13-26)14-28)23(29)19-7-6-17(3)21(12-19)27(30)31/h4-13,28H,14H2,1-3H3,(H-,25,29,32). The van der Waals surface area contributed by atoms with E-state index in [-0.39, 0.29) is 28.5 Å². The lowest BCUT2D eigenvalue weighted by Gasteiger charge is -2.18. The number of hydrogen-bond acceptors (Lipinski definition) is 5. The van der Waals surface area contributed by atoms with Crippen molar-refractivity contribution < 1.29 is 19.7 Å². The van der Waals surface area contributed by atoms with Crippen molar-refractivity contribution in [3.63, 3.8) is 0 Å². The van der Waals surface area contributed by atoms with Gasteiger partial charge in [0.2, 0.25) is 5.70 Å². The summed E-state index contributed by atoms with van der Waals surface area (Å²) in [4.78, 5) is 11.0. The summed E-state index contributed by atoms with van der Waals surface area (Å²) in [6.07, 6.45) is 3.25. The zero-order valence-electron chi connectivity index (χ0n) is 18.0. The molecule has 0 unspecified atom stereocenters. The van der Waals surface area contributed by atoms with Crippen LogP contribution in [-0.2, 0) is 6.61 Å². The van der Waals surface area contributed by atoms with Crippen molar-refractivity contribution in [2.75, 3.05) is 5.32 Å². The molecule has 0 saturated carbocycles. The molecule has 0 atom stereocenters. The zero-order chi connectivity index (χ0) is 23.4. The van der Waals surface area contributed by atoms with Gasteiger partial charge in [0.25, 0.3) is 5.69 Å². The topological polar surface area (TPSA) is 102 Å². The zero-order valence-corrected chi connectivity index (χ0v) is 18.8. The van der Waals surface area contributed by atoms with E-state index >= 15 is 0 Å². The Bertz CT molecular complexity index is 1220. The summed E-state index contributed by atoms with van der Waals surface area (Å²) in [6, 6.07) is 13.6. The van der Waals surface area contributed by atoms with E-state index in [1.54, 1.807) is 37.5 Å². The van der Waals surface area contributed by atoms with Crippen LogP contribution in [0.15, 0.2) is 60.9 Å². The summed E-state index contributed by atoms with van der Waals surface area (Å²) in [5, 5.41) is 37.5. The largest absolute Gasteiger partial charge is 0.867 e. The van der Waals surface area contributed by atoms with E-state index in [1.807, 2.05) is 32.0 Å². The smallest absolute Gasteiger partial charge is 0.272 e. The molecule has 0 bridgehead atoms. The van der Waals surface area contributed by atoms with Gasteiger partial charge < -0.3 is 15.5 Å². The third-order valence-electron chi connectivity index (χ3n) is 4.88. The molecule has 0 aliphatic carbocycles. The summed E-state index contributed by atoms with van der Waals surface area (Å²) < 4.78 is 1.53. The van der Waals surface area contributed by atoms with Gasteiger partial charge in [-0.1, -0.05) is 30.4 Å². The quantitative estimate of drug-likeness (QED) is 0.149. The van der Waals surface area contributed by atoms with Gasteiger partial charge >= 0.3 is 0 Å². The van der Waals surface area contributed by atoms with E-state index < -0.39 is 10.7 Å². The molecule has 1 aromatic heterocycles. The number of hydrogen-bond donors (Lipinski definition) is 2. The molecule has 0 radical (unpaired) electrons. The predicted molar refractivity (Wildman–Crippen MR) is 126 cm³/mol. The molecule has 0 aliphatic heterocycles. The van der Waals surface area contributed by atoms with Crippen LogP contribution in [0.25, 0.3) is 11.5 Å². The highest BCUT2D eigenvalue weighted by atomic mass is 32.1. The van der Waals surface area contributed by atoms with Crippen molar-refractivity contribution in [3.05, 3.63) is 98.9 Å². The van der Waals surface area contributed by atoms with Gasteiger partial charge in [-0.15, -0.1) is 0 Å². The average Bonchev–Trinajstić information content (AvgIpc) is 2.73. The number of nitro benzene ring substituents is 1. The second-order valence-electron chi connectivity index (χ2n) is 7.54. The molecular formula is C24H23N3O4S. The second-order valence-corrected chi connectivity index (χ2v) is 7.95. The summed E-state index contributed by atoms with van der Waals surface area (Å²) in [7, 11) is 0. The first-order valence-corrected chi connectivity index (χ1v) is 10.3. The van der Waals surface area contributed by atoms with E-state index in [2.05, 4.69) is 5.32 Å². The van der Waals surface area contributed by atoms with E-state index in [0.717, 1.165) is 16.8 Å². The fourth-order valence-corrected chi connectivity index (χ4v) is 3.73. The van der Waals surface area contributed by atoms with Crippen molar-refractivity contribution in [1.82, 2.24) is 0 Å². The maximum absolute atomic E-state index is 13.5. The van der Waals surface area contributed by atoms with Crippen LogP contribution < -0.4 is 15.0 Å². The highest BCUT2D eigenvalue weighted by Gasteiger charge is 2.21. The number of aromatic nitrogens is 1. The molecule has 0 aliphatic rings. The number of nitro groups is 1. The molecule has 0 amide bonds. The number of rotatable bonds is 6. The minimum atomic E-state index is -0.516. The second kappa shape index (κ2) is 9.67. The molecule has 2 aromatic carbocycles. The Morgan fingerprint density at radius 3 is 2.44 bits per heavy atom. The number of aliphatic hydroxyl groups is 1. The van der Waals surface area contributed by atoms with Crippen molar-refractivity contribution >= 4 is 40.0 Å². The Labute approximate surface area is 191 Å². The molecule has 3 aromatic rings. The minimum Gasteiger partial charge on any atom is -0.867 e. The Balaban J connectivity index is 2.16. The van der Waals surface area contributed by atoms with E-state index in [4.69, 9.17) is 12.2 Å². The van der Waals surface area contributed by atoms with Crippen LogP contribution in [0.5, 0.6) is 0 Å². The van der Waals surface area contributed by atoms with Crippen LogP contribution in [0.4, 0.5) is 11.4 Å². The molecule has 2 N–H and O–H groups in total. The first kappa shape index (κ1) is 23.1. The number of thiocarbonyl (C=S) groups is 1. The van der Waals surface area contributed by atoms with E-state index in [0.29, 0.717) is 11.1 Å². The maximum Gasteiger partial charge on any atom is 0.272 e. The Morgan fingerprint density at radius 2 is 1.81 bits per heavy atom. The van der Waals surface area contributed by atoms with Crippen molar-refractivity contribution in [2.24, 2.45) is 0 Å². The van der Waals surface area contributed by atoms with Gasteiger partial charge in [0.05, 0.1) is 11.5 Å². The lowest BCUT2D eigenvalue weighted by molar-refractivity contribution is -0.578. The molecular weight excluding hydrogens is 426 g/mol. The monoisotopic (exact) mass is 449 g/mol. The lowest BCUT2D eigenvalue weighted by Crippen LogP contribution is -2.40. The molecule has 3 rings (SSSR count). The fraction of sp³-hybridized carbons (Fsp3) is 0.167. The molecule has 0 saturated heterocycles. The lowest BCUT2D eigenvalue weighted by atomic mass is 10.1. The minimum absolute atomic E-state index is 0.118. The van der Waals surface area contributed by atoms with Crippen LogP contribution in [0, 0.1) is 30.9 Å². The number of aryl methyl sites for hydroxylation is 3. The third kappa shape index (κ3) is 5.16. The molecule has 0 fully saturated rings. The molecule has 1 heterocycles. The third-order valence-corrected chi connectivity index (χ3v) is 5.18. The van der Waals surface area contributed by atoms with Crippen LogP contribution in [0.3, 0.4) is 0 Å². The molecule has 7 nitrogen and oxygen atoms in total. The summed E-state index contributed by atoms with van der Waals surface area (Å²) in [6.45, 7) is 5.32. The fourth-order valence-electron chi connectivity index (χ4n) is 3.42. The van der Waals surface area contributed by atoms with Gasteiger partial charge in [-0.3, -0.25) is 10.1 Å². The van der Waals surface area contributed by atoms with Crippen LogP contribution in [-0.4, -0.2) is 15.0 Å². The van der Waals surface area contributed by atoms with Gasteiger partial charge in [0.1, 0.15) is 0 Å². The number of nitrogens with zero attached hydrogens (tertiary/aromatic N) is 2. The molecule has 0 spiro atoms. The summed E-state index contributed by atoms with van der Waals surface area (Å²) in [5.41, 5.74) is 3.96.